The molecule has 206 valence electrons. The maximum absolute atomic E-state index is 13.0. The molecular formula is C22H35F3N4O5S2. The van der Waals surface area contributed by atoms with Crippen molar-refractivity contribution in [3.63, 3.8) is 0 Å². The molecule has 2 saturated heterocycles. The lowest BCUT2D eigenvalue weighted by Crippen LogP contribution is -2.49. The van der Waals surface area contributed by atoms with Crippen molar-refractivity contribution in [2.24, 2.45) is 0 Å². The van der Waals surface area contributed by atoms with E-state index in [4.69, 9.17) is 9.90 Å². The summed E-state index contributed by atoms with van der Waals surface area (Å²) in [7, 11) is -3.34. The number of sulfonamides is 1. The molecule has 2 N–H and O–H groups in total. The van der Waals surface area contributed by atoms with Crippen molar-refractivity contribution >= 4 is 33.2 Å². The topological polar surface area (TPSA) is 110 Å². The Hall–Kier alpha value is -1.74. The zero-order valence-electron chi connectivity index (χ0n) is 20.4. The molecule has 1 aromatic rings. The van der Waals surface area contributed by atoms with Gasteiger partial charge in [0.15, 0.2) is 0 Å². The van der Waals surface area contributed by atoms with Crippen molar-refractivity contribution in [3.8, 4) is 0 Å². The average Bonchev–Trinajstić information content (AvgIpc) is 3.33. The maximum Gasteiger partial charge on any atom is 0.490 e. The highest BCUT2D eigenvalue weighted by Gasteiger charge is 2.38. The SMILES string of the molecule is CC1CCCCN1CCN(CCS(=O)(=O)N1CCNCC1)C(=O)Cc1cccs1.O=C(O)C(F)(F)F. The van der Waals surface area contributed by atoms with E-state index in [-0.39, 0.29) is 18.2 Å². The average molecular weight is 557 g/mol. The number of thiophene rings is 1. The minimum absolute atomic E-state index is 0.00126. The number of hydrogen-bond donors (Lipinski definition) is 2. The lowest BCUT2D eigenvalue weighted by atomic mass is 10.0. The summed E-state index contributed by atoms with van der Waals surface area (Å²) in [6.07, 6.45) is -1.08. The molecule has 0 radical (unpaired) electrons. The van der Waals surface area contributed by atoms with Gasteiger partial charge in [-0.25, -0.2) is 13.2 Å². The van der Waals surface area contributed by atoms with Crippen molar-refractivity contribution in [1.82, 2.24) is 19.4 Å². The van der Waals surface area contributed by atoms with Crippen molar-refractivity contribution in [3.05, 3.63) is 22.4 Å². The van der Waals surface area contributed by atoms with Crippen LogP contribution in [0.15, 0.2) is 17.5 Å². The van der Waals surface area contributed by atoms with E-state index in [2.05, 4.69) is 17.1 Å². The Labute approximate surface area is 214 Å². The van der Waals surface area contributed by atoms with Crippen LogP contribution in [-0.4, -0.2) is 110 Å². The van der Waals surface area contributed by atoms with Crippen LogP contribution >= 0.6 is 11.3 Å². The predicted octanol–water partition coefficient (Wildman–Crippen LogP) is 1.86. The van der Waals surface area contributed by atoms with E-state index in [1.54, 1.807) is 20.5 Å². The molecule has 0 spiro atoms. The molecule has 1 amide bonds. The lowest BCUT2D eigenvalue weighted by molar-refractivity contribution is -0.192. The Morgan fingerprint density at radius 2 is 1.86 bits per heavy atom. The van der Waals surface area contributed by atoms with Crippen LogP contribution in [0.25, 0.3) is 0 Å². The highest BCUT2D eigenvalue weighted by atomic mass is 32.2. The number of rotatable bonds is 9. The van der Waals surface area contributed by atoms with Gasteiger partial charge >= 0.3 is 12.1 Å². The third-order valence-corrected chi connectivity index (χ3v) is 8.91. The largest absolute Gasteiger partial charge is 0.490 e. The van der Waals surface area contributed by atoms with Crippen LogP contribution in [0.3, 0.4) is 0 Å². The molecule has 36 heavy (non-hydrogen) atoms. The van der Waals surface area contributed by atoms with Gasteiger partial charge < -0.3 is 15.3 Å². The number of alkyl halides is 3. The number of carboxylic acid groups (broad SMARTS) is 1. The van der Waals surface area contributed by atoms with Gasteiger partial charge in [-0.3, -0.25) is 9.69 Å². The van der Waals surface area contributed by atoms with Gasteiger partial charge in [0.2, 0.25) is 15.9 Å². The smallest absolute Gasteiger partial charge is 0.475 e. The fourth-order valence-electron chi connectivity index (χ4n) is 4.05. The van der Waals surface area contributed by atoms with E-state index < -0.39 is 22.2 Å². The van der Waals surface area contributed by atoms with Gasteiger partial charge in [0.1, 0.15) is 0 Å². The van der Waals surface area contributed by atoms with Gasteiger partial charge in [-0.1, -0.05) is 12.5 Å². The first kappa shape index (κ1) is 30.5. The Balaban J connectivity index is 0.000000572. The number of hydrogen-bond acceptors (Lipinski definition) is 7. The number of likely N-dealkylation sites (tertiary alicyclic amines) is 1. The van der Waals surface area contributed by atoms with Crippen molar-refractivity contribution < 1.29 is 36.3 Å². The van der Waals surface area contributed by atoms with E-state index in [9.17, 15) is 26.4 Å². The lowest BCUT2D eigenvalue weighted by Gasteiger charge is -2.35. The normalized spacial score (nSPS) is 19.8. The summed E-state index contributed by atoms with van der Waals surface area (Å²) < 4.78 is 58.8. The molecule has 0 bridgehead atoms. The van der Waals surface area contributed by atoms with E-state index in [0.29, 0.717) is 45.2 Å². The second kappa shape index (κ2) is 14.3. The number of carbonyl (C=O) groups is 2. The molecule has 2 aliphatic rings. The first-order valence-electron chi connectivity index (χ1n) is 11.9. The van der Waals surface area contributed by atoms with Gasteiger partial charge in [-0.15, -0.1) is 11.3 Å². The van der Waals surface area contributed by atoms with E-state index in [0.717, 1.165) is 18.0 Å². The monoisotopic (exact) mass is 556 g/mol. The van der Waals surface area contributed by atoms with Crippen molar-refractivity contribution in [2.45, 2.75) is 44.8 Å². The Morgan fingerprint density at radius 1 is 1.19 bits per heavy atom. The molecule has 1 aromatic heterocycles. The zero-order chi connectivity index (χ0) is 26.8. The number of piperazine rings is 1. The van der Waals surface area contributed by atoms with Gasteiger partial charge in [0, 0.05) is 56.7 Å². The summed E-state index contributed by atoms with van der Waals surface area (Å²) in [6.45, 7) is 7.36. The summed E-state index contributed by atoms with van der Waals surface area (Å²) >= 11 is 1.57. The van der Waals surface area contributed by atoms with E-state index in [1.165, 1.54) is 19.3 Å². The molecule has 2 fully saturated rings. The van der Waals surface area contributed by atoms with Crippen LogP contribution in [-0.2, 0) is 26.0 Å². The predicted molar refractivity (Wildman–Crippen MR) is 131 cm³/mol. The summed E-state index contributed by atoms with van der Waals surface area (Å²) in [5.41, 5.74) is 0. The van der Waals surface area contributed by atoms with Crippen molar-refractivity contribution in [1.29, 1.82) is 0 Å². The maximum atomic E-state index is 13.0. The minimum Gasteiger partial charge on any atom is -0.475 e. The van der Waals surface area contributed by atoms with Crippen LogP contribution in [0.1, 0.15) is 31.1 Å². The fraction of sp³-hybridized carbons (Fsp3) is 0.727. The zero-order valence-corrected chi connectivity index (χ0v) is 22.0. The van der Waals surface area contributed by atoms with Gasteiger partial charge in [0.05, 0.1) is 12.2 Å². The summed E-state index contributed by atoms with van der Waals surface area (Å²) in [4.78, 5) is 27.1. The standard InChI is InChI=1S/C20H34N4O3S2.C2HF3O2/c1-18-5-2-3-9-22(18)12-13-23(20(25)17-19-6-4-15-28-19)14-16-29(26,27)24-10-7-21-8-11-24;3-2(4,5)1(6)7/h4,6,15,18,21H,2-3,5,7-14,16-17H2,1H3;(H,6,7). The van der Waals surface area contributed by atoms with Gasteiger partial charge in [0.25, 0.3) is 0 Å². The molecule has 14 heteroatoms. The summed E-state index contributed by atoms with van der Waals surface area (Å²) in [5.74, 6) is -2.74. The first-order chi connectivity index (χ1) is 16.9. The summed E-state index contributed by atoms with van der Waals surface area (Å²) in [6, 6.07) is 4.44. The van der Waals surface area contributed by atoms with Crippen LogP contribution in [0.2, 0.25) is 0 Å². The van der Waals surface area contributed by atoms with Crippen LogP contribution in [0.5, 0.6) is 0 Å². The second-order valence-electron chi connectivity index (χ2n) is 8.79. The number of carboxylic acids is 1. The number of amides is 1. The fourth-order valence-corrected chi connectivity index (χ4v) is 6.20. The van der Waals surface area contributed by atoms with Crippen LogP contribution < -0.4 is 5.32 Å². The number of nitrogens with one attached hydrogen (secondary N) is 1. The Kier molecular flexibility index (Phi) is 12.1. The van der Waals surface area contributed by atoms with Crippen molar-refractivity contribution in [2.75, 3.05) is 58.1 Å². The number of piperidine rings is 1. The highest BCUT2D eigenvalue weighted by molar-refractivity contribution is 7.89. The van der Waals surface area contributed by atoms with Gasteiger partial charge in [-0.05, 0) is 37.8 Å². The molecule has 0 aliphatic carbocycles. The Morgan fingerprint density at radius 3 is 2.42 bits per heavy atom. The molecule has 0 saturated carbocycles. The first-order valence-corrected chi connectivity index (χ1v) is 14.4. The van der Waals surface area contributed by atoms with Crippen LogP contribution in [0.4, 0.5) is 13.2 Å². The molecular weight excluding hydrogens is 521 g/mol. The molecule has 3 rings (SSSR count). The third kappa shape index (κ3) is 10.3. The van der Waals surface area contributed by atoms with E-state index in [1.807, 2.05) is 17.5 Å². The van der Waals surface area contributed by atoms with E-state index >= 15 is 0 Å². The Bertz CT molecular complexity index is 923. The number of halogens is 3. The van der Waals surface area contributed by atoms with Gasteiger partial charge in [-0.2, -0.15) is 17.5 Å². The molecule has 0 aromatic carbocycles. The minimum atomic E-state index is -5.08. The second-order valence-corrected chi connectivity index (χ2v) is 11.9. The number of carbonyl (C=O) groups excluding carboxylic acids is 1. The number of aliphatic carboxylic acids is 1. The molecule has 2 aliphatic heterocycles. The molecule has 3 heterocycles. The molecule has 1 atom stereocenters. The molecule has 1 unspecified atom stereocenters. The quantitative estimate of drug-likeness (QED) is 0.478. The van der Waals surface area contributed by atoms with Crippen LogP contribution in [0, 0.1) is 0 Å². The summed E-state index contributed by atoms with van der Waals surface area (Å²) in [5, 5.41) is 12.3. The molecule has 9 nitrogen and oxygen atoms in total. The third-order valence-electron chi connectivity index (χ3n) is 6.19. The highest BCUT2D eigenvalue weighted by Crippen LogP contribution is 2.17. The number of nitrogens with zero attached hydrogens (tertiary/aromatic N) is 3.